The van der Waals surface area contributed by atoms with Gasteiger partial charge < -0.3 is 19.9 Å². The minimum Gasteiger partial charge on any atom is -0.484 e. The smallest absolute Gasteiger partial charge is 0.262 e. The number of halogens is 1. The Bertz CT molecular complexity index is 919. The third-order valence-electron chi connectivity index (χ3n) is 6.57. The van der Waals surface area contributed by atoms with Crippen molar-refractivity contribution in [3.63, 3.8) is 0 Å². The number of nitrogens with one attached hydrogen (secondary N) is 1. The topological polar surface area (TPSA) is 61.9 Å². The number of benzene rings is 2. The van der Waals surface area contributed by atoms with Crippen molar-refractivity contribution in [3.8, 4) is 5.75 Å². The van der Waals surface area contributed by atoms with Gasteiger partial charge in [-0.25, -0.2) is 0 Å². The van der Waals surface area contributed by atoms with Gasteiger partial charge in [-0.05, 0) is 60.9 Å². The average Bonchev–Trinajstić information content (AvgIpc) is 3.37. The van der Waals surface area contributed by atoms with E-state index in [4.69, 9.17) is 16.3 Å². The van der Waals surface area contributed by atoms with E-state index >= 15 is 0 Å². The third kappa shape index (κ3) is 6.87. The molecule has 176 valence electrons. The van der Waals surface area contributed by atoms with E-state index in [0.717, 1.165) is 49.9 Å². The number of carbonyl (C=O) groups is 2. The zero-order valence-corrected chi connectivity index (χ0v) is 19.7. The van der Waals surface area contributed by atoms with Gasteiger partial charge >= 0.3 is 0 Å². The predicted molar refractivity (Wildman–Crippen MR) is 132 cm³/mol. The summed E-state index contributed by atoms with van der Waals surface area (Å²) in [5.41, 5.74) is 1.83. The summed E-state index contributed by atoms with van der Waals surface area (Å²) in [6, 6.07) is 14.7. The second-order valence-electron chi connectivity index (χ2n) is 8.89. The molecule has 7 heteroatoms. The first kappa shape index (κ1) is 23.4. The van der Waals surface area contributed by atoms with Gasteiger partial charge in [-0.3, -0.25) is 9.59 Å². The largest absolute Gasteiger partial charge is 0.484 e. The van der Waals surface area contributed by atoms with Gasteiger partial charge in [-0.1, -0.05) is 37.3 Å². The fourth-order valence-corrected chi connectivity index (χ4v) is 4.76. The number of hydrogen-bond acceptors (Lipinski definition) is 4. The molecule has 2 aromatic carbocycles. The fourth-order valence-electron chi connectivity index (χ4n) is 4.63. The Balaban J connectivity index is 1.18. The molecule has 0 atom stereocenters. The van der Waals surface area contributed by atoms with Gasteiger partial charge in [-0.15, -0.1) is 0 Å². The Kier molecular flexibility index (Phi) is 8.10. The fraction of sp³-hybridized carbons (Fsp3) is 0.462. The van der Waals surface area contributed by atoms with Crippen LogP contribution in [-0.4, -0.2) is 49.5 Å². The Labute approximate surface area is 200 Å². The van der Waals surface area contributed by atoms with Gasteiger partial charge in [0, 0.05) is 49.0 Å². The maximum absolute atomic E-state index is 12.6. The average molecular weight is 470 g/mol. The molecular formula is C26H32ClN3O3. The molecule has 2 fully saturated rings. The van der Waals surface area contributed by atoms with Crippen molar-refractivity contribution in [2.75, 3.05) is 43.0 Å². The van der Waals surface area contributed by atoms with E-state index in [0.29, 0.717) is 23.1 Å². The van der Waals surface area contributed by atoms with Crippen molar-refractivity contribution in [1.29, 1.82) is 0 Å². The van der Waals surface area contributed by atoms with Gasteiger partial charge in [0.25, 0.3) is 5.91 Å². The molecule has 6 nitrogen and oxygen atoms in total. The number of ether oxygens (including phenoxy) is 1. The van der Waals surface area contributed by atoms with Crippen molar-refractivity contribution in [2.45, 2.75) is 38.5 Å². The molecule has 2 aromatic rings. The minimum absolute atomic E-state index is 0.0693. The Morgan fingerprint density at radius 3 is 2.27 bits per heavy atom. The van der Waals surface area contributed by atoms with Gasteiger partial charge in [0.2, 0.25) is 5.91 Å². The van der Waals surface area contributed by atoms with Crippen LogP contribution >= 0.6 is 11.6 Å². The highest BCUT2D eigenvalue weighted by molar-refractivity contribution is 6.30. The van der Waals surface area contributed by atoms with E-state index < -0.39 is 0 Å². The lowest BCUT2D eigenvalue weighted by molar-refractivity contribution is -0.131. The molecule has 1 heterocycles. The molecule has 0 spiro atoms. The van der Waals surface area contributed by atoms with Crippen LogP contribution in [0.5, 0.6) is 5.75 Å². The van der Waals surface area contributed by atoms with Crippen molar-refractivity contribution >= 4 is 34.8 Å². The number of rotatable bonds is 8. The monoisotopic (exact) mass is 469 g/mol. The molecule has 2 amide bonds. The second kappa shape index (κ2) is 11.4. The molecule has 0 radical (unpaired) electrons. The van der Waals surface area contributed by atoms with E-state index in [-0.39, 0.29) is 12.5 Å². The van der Waals surface area contributed by atoms with Gasteiger partial charge in [-0.2, -0.15) is 0 Å². The number of anilines is 2. The summed E-state index contributed by atoms with van der Waals surface area (Å²) >= 11 is 5.85. The number of carbonyl (C=O) groups excluding carboxylic acids is 2. The molecular weight excluding hydrogens is 438 g/mol. The predicted octanol–water partition coefficient (Wildman–Crippen LogP) is 4.98. The summed E-state index contributed by atoms with van der Waals surface area (Å²) in [6.07, 6.45) is 7.01. The van der Waals surface area contributed by atoms with E-state index in [9.17, 15) is 9.59 Å². The quantitative estimate of drug-likeness (QED) is 0.592. The highest BCUT2D eigenvalue weighted by atomic mass is 35.5. The molecule has 1 saturated heterocycles. The van der Waals surface area contributed by atoms with E-state index in [1.165, 1.54) is 25.7 Å². The van der Waals surface area contributed by atoms with Crippen LogP contribution in [-0.2, 0) is 9.59 Å². The van der Waals surface area contributed by atoms with E-state index in [1.54, 1.807) is 24.3 Å². The minimum atomic E-state index is -0.220. The zero-order valence-electron chi connectivity index (χ0n) is 19.0. The first-order chi connectivity index (χ1) is 16.1. The van der Waals surface area contributed by atoms with E-state index in [1.807, 2.05) is 29.2 Å². The Hall–Kier alpha value is -2.73. The molecule has 0 unspecified atom stereocenters. The normalized spacial score (nSPS) is 16.6. The van der Waals surface area contributed by atoms with Crippen molar-refractivity contribution in [1.82, 2.24) is 4.90 Å². The van der Waals surface area contributed by atoms with Crippen LogP contribution in [0.4, 0.5) is 11.4 Å². The maximum Gasteiger partial charge on any atom is 0.262 e. The first-order valence-corrected chi connectivity index (χ1v) is 12.3. The molecule has 1 N–H and O–H groups in total. The van der Waals surface area contributed by atoms with Crippen LogP contribution in [0.3, 0.4) is 0 Å². The summed E-state index contributed by atoms with van der Waals surface area (Å²) in [5, 5.41) is 3.48. The van der Waals surface area contributed by atoms with Gasteiger partial charge in [0.05, 0.1) is 0 Å². The zero-order chi connectivity index (χ0) is 23.0. The summed E-state index contributed by atoms with van der Waals surface area (Å²) in [7, 11) is 0. The van der Waals surface area contributed by atoms with Gasteiger partial charge in [0.15, 0.2) is 6.61 Å². The number of amides is 2. The second-order valence-corrected chi connectivity index (χ2v) is 9.33. The lowest BCUT2D eigenvalue weighted by atomic mass is 10.0. The summed E-state index contributed by atoms with van der Waals surface area (Å²) in [6.45, 7) is 3.12. The molecule has 1 aliphatic heterocycles. The van der Waals surface area contributed by atoms with Crippen LogP contribution < -0.4 is 15.0 Å². The first-order valence-electron chi connectivity index (χ1n) is 11.9. The molecule has 4 rings (SSSR count). The molecule has 1 aliphatic carbocycles. The van der Waals surface area contributed by atoms with Crippen molar-refractivity contribution < 1.29 is 14.3 Å². The van der Waals surface area contributed by atoms with Crippen molar-refractivity contribution in [3.05, 3.63) is 53.6 Å². The number of piperazine rings is 1. The van der Waals surface area contributed by atoms with Crippen LogP contribution in [0.15, 0.2) is 48.5 Å². The van der Waals surface area contributed by atoms with E-state index in [2.05, 4.69) is 10.2 Å². The molecule has 0 aromatic heterocycles. The van der Waals surface area contributed by atoms with Gasteiger partial charge in [0.1, 0.15) is 5.75 Å². The standard InChI is InChI=1S/C26H32ClN3O3/c27-21-6-12-24(13-7-21)33-19-25(31)28-22-8-10-23(11-9-22)29-15-17-30(18-16-29)26(32)14-5-20-3-1-2-4-20/h6-13,20H,1-5,14-19H2,(H,28,31). The molecule has 1 saturated carbocycles. The number of hydrogen-bond donors (Lipinski definition) is 1. The van der Waals surface area contributed by atoms with Crippen LogP contribution in [0.25, 0.3) is 0 Å². The summed E-state index contributed by atoms with van der Waals surface area (Å²) < 4.78 is 5.48. The molecule has 2 aliphatic rings. The Morgan fingerprint density at radius 1 is 0.939 bits per heavy atom. The third-order valence-corrected chi connectivity index (χ3v) is 6.83. The summed E-state index contributed by atoms with van der Waals surface area (Å²) in [4.78, 5) is 29.0. The highest BCUT2D eigenvalue weighted by Gasteiger charge is 2.23. The number of nitrogens with zero attached hydrogens (tertiary/aromatic N) is 2. The lowest BCUT2D eigenvalue weighted by Crippen LogP contribution is -2.48. The SMILES string of the molecule is O=C(COc1ccc(Cl)cc1)Nc1ccc(N2CCN(C(=O)CCC3CCCC3)CC2)cc1. The maximum atomic E-state index is 12.6. The van der Waals surface area contributed by atoms with Crippen LogP contribution in [0.1, 0.15) is 38.5 Å². The Morgan fingerprint density at radius 2 is 1.61 bits per heavy atom. The highest BCUT2D eigenvalue weighted by Crippen LogP contribution is 2.29. The van der Waals surface area contributed by atoms with Crippen LogP contribution in [0.2, 0.25) is 5.02 Å². The molecule has 0 bridgehead atoms. The lowest BCUT2D eigenvalue weighted by Gasteiger charge is -2.36. The summed E-state index contributed by atoms with van der Waals surface area (Å²) in [5.74, 6) is 1.45. The van der Waals surface area contributed by atoms with Crippen LogP contribution in [0, 0.1) is 5.92 Å². The molecule has 33 heavy (non-hydrogen) atoms. The van der Waals surface area contributed by atoms with Crippen molar-refractivity contribution in [2.24, 2.45) is 5.92 Å².